The van der Waals surface area contributed by atoms with E-state index in [4.69, 9.17) is 0 Å². The van der Waals surface area contributed by atoms with Crippen LogP contribution in [-0.2, 0) is 23.0 Å². The van der Waals surface area contributed by atoms with Crippen molar-refractivity contribution in [3.63, 3.8) is 0 Å². The fraction of sp³-hybridized carbons (Fsp3) is 0.263. The molecule has 0 amide bonds. The molecule has 8 heteroatoms. The second-order valence-electron chi connectivity index (χ2n) is 6.51. The molecule has 0 saturated carbocycles. The molecule has 4 rings (SSSR count). The van der Waals surface area contributed by atoms with Gasteiger partial charge in [0.05, 0.1) is 10.6 Å². The Morgan fingerprint density at radius 3 is 2.70 bits per heavy atom. The van der Waals surface area contributed by atoms with E-state index in [-0.39, 0.29) is 4.90 Å². The van der Waals surface area contributed by atoms with Crippen LogP contribution in [0.2, 0.25) is 0 Å². The number of hydrogen-bond donors (Lipinski definition) is 1. The van der Waals surface area contributed by atoms with Crippen molar-refractivity contribution in [2.24, 2.45) is 0 Å². The van der Waals surface area contributed by atoms with Crippen LogP contribution in [0.15, 0.2) is 57.9 Å². The first-order valence-electron chi connectivity index (χ1n) is 8.84. The lowest BCUT2D eigenvalue weighted by molar-refractivity contribution is 0.601. The molecular formula is C19H19BrN4O2S. The molecular weight excluding hydrogens is 428 g/mol. The molecule has 2 aromatic carbocycles. The molecule has 6 nitrogen and oxygen atoms in total. The number of hydrogen-bond acceptors (Lipinski definition) is 4. The van der Waals surface area contributed by atoms with Gasteiger partial charge in [-0.15, -0.1) is 10.2 Å². The Labute approximate surface area is 166 Å². The fourth-order valence-corrected chi connectivity index (χ4v) is 4.97. The highest BCUT2D eigenvalue weighted by Gasteiger charge is 2.21. The highest BCUT2D eigenvalue weighted by Crippen LogP contribution is 2.30. The first-order valence-corrected chi connectivity index (χ1v) is 11.1. The van der Waals surface area contributed by atoms with Gasteiger partial charge in [0.1, 0.15) is 5.82 Å². The zero-order chi connectivity index (χ0) is 18.9. The van der Waals surface area contributed by atoms with Crippen molar-refractivity contribution in [3.05, 3.63) is 58.8 Å². The highest BCUT2D eigenvalue weighted by atomic mass is 79.9. The Morgan fingerprint density at radius 1 is 1.00 bits per heavy atom. The number of aromatic nitrogens is 3. The molecule has 3 aromatic rings. The number of nitrogens with one attached hydrogen (secondary N) is 1. The van der Waals surface area contributed by atoms with Crippen LogP contribution < -0.4 is 4.72 Å². The number of aryl methyl sites for hydroxylation is 1. The van der Waals surface area contributed by atoms with E-state index in [9.17, 15) is 8.42 Å². The van der Waals surface area contributed by atoms with Gasteiger partial charge >= 0.3 is 0 Å². The molecule has 1 aliphatic rings. The van der Waals surface area contributed by atoms with Crippen molar-refractivity contribution in [1.82, 2.24) is 14.8 Å². The summed E-state index contributed by atoms with van der Waals surface area (Å²) in [5.41, 5.74) is 1.23. The van der Waals surface area contributed by atoms with Crippen LogP contribution in [0.5, 0.6) is 0 Å². The monoisotopic (exact) mass is 446 g/mol. The molecule has 0 radical (unpaired) electrons. The number of benzene rings is 2. The highest BCUT2D eigenvalue weighted by molar-refractivity contribution is 9.10. The maximum atomic E-state index is 12.8. The van der Waals surface area contributed by atoms with Gasteiger partial charge in [-0.05, 0) is 43.2 Å². The number of sulfonamides is 1. The van der Waals surface area contributed by atoms with Crippen molar-refractivity contribution in [2.45, 2.75) is 37.1 Å². The molecule has 1 N–H and O–H groups in total. The second kappa shape index (κ2) is 7.44. The van der Waals surface area contributed by atoms with Gasteiger partial charge < -0.3 is 4.57 Å². The van der Waals surface area contributed by atoms with Crippen LogP contribution in [0, 0.1) is 0 Å². The molecule has 0 spiro atoms. The minimum Gasteiger partial charge on any atom is -0.311 e. The standard InChI is InChI=1S/C19H19BrN4O2S/c20-14-7-6-8-15(13-14)27(25,26)23-17-10-4-3-9-16(17)19-22-21-18-11-2-1-5-12-24(18)19/h3-4,6-10,13,23H,1-2,5,11-12H2. The number of rotatable bonds is 4. The summed E-state index contributed by atoms with van der Waals surface area (Å²) < 4.78 is 31.2. The van der Waals surface area contributed by atoms with Crippen LogP contribution in [0.25, 0.3) is 11.4 Å². The Balaban J connectivity index is 1.74. The second-order valence-corrected chi connectivity index (χ2v) is 9.11. The Bertz CT molecular complexity index is 1080. The van der Waals surface area contributed by atoms with Crippen LogP contribution in [-0.4, -0.2) is 23.2 Å². The molecule has 2 heterocycles. The summed E-state index contributed by atoms with van der Waals surface area (Å²) in [6.07, 6.45) is 4.25. The Hall–Kier alpha value is -2.19. The summed E-state index contributed by atoms with van der Waals surface area (Å²) in [5, 5.41) is 8.69. The molecule has 0 atom stereocenters. The zero-order valence-corrected chi connectivity index (χ0v) is 17.0. The third-order valence-electron chi connectivity index (χ3n) is 4.63. The third-order valence-corrected chi connectivity index (χ3v) is 6.48. The zero-order valence-electron chi connectivity index (χ0n) is 14.6. The normalized spacial score (nSPS) is 14.4. The van der Waals surface area contributed by atoms with E-state index < -0.39 is 10.0 Å². The molecule has 27 heavy (non-hydrogen) atoms. The van der Waals surface area contributed by atoms with Gasteiger partial charge in [0, 0.05) is 23.0 Å². The van der Waals surface area contributed by atoms with Gasteiger partial charge in [-0.25, -0.2) is 8.42 Å². The number of fused-ring (bicyclic) bond motifs is 1. The van der Waals surface area contributed by atoms with Crippen molar-refractivity contribution in [1.29, 1.82) is 0 Å². The minimum absolute atomic E-state index is 0.201. The smallest absolute Gasteiger partial charge is 0.261 e. The predicted molar refractivity (Wildman–Crippen MR) is 108 cm³/mol. The van der Waals surface area contributed by atoms with E-state index in [1.807, 2.05) is 18.2 Å². The molecule has 0 saturated heterocycles. The SMILES string of the molecule is O=S(=O)(Nc1ccccc1-c1nnc2n1CCCCC2)c1cccc(Br)c1. The molecule has 0 unspecified atom stereocenters. The molecule has 0 aliphatic carbocycles. The Kier molecular flexibility index (Phi) is 5.01. The molecule has 1 aliphatic heterocycles. The van der Waals surface area contributed by atoms with E-state index in [1.54, 1.807) is 30.3 Å². The lowest BCUT2D eigenvalue weighted by atomic mass is 10.1. The number of para-hydroxylation sites is 1. The Morgan fingerprint density at radius 2 is 1.85 bits per heavy atom. The minimum atomic E-state index is -3.72. The summed E-state index contributed by atoms with van der Waals surface area (Å²) in [7, 11) is -3.72. The van der Waals surface area contributed by atoms with Gasteiger partial charge in [-0.1, -0.05) is 40.5 Å². The predicted octanol–water partition coefficient (Wildman–Crippen LogP) is 4.23. The van der Waals surface area contributed by atoms with Gasteiger partial charge in [0.2, 0.25) is 0 Å². The van der Waals surface area contributed by atoms with Gasteiger partial charge in [-0.2, -0.15) is 0 Å². The quantitative estimate of drug-likeness (QED) is 0.649. The lowest BCUT2D eigenvalue weighted by Gasteiger charge is -2.14. The van der Waals surface area contributed by atoms with Gasteiger partial charge in [-0.3, -0.25) is 4.72 Å². The average molecular weight is 447 g/mol. The molecule has 140 valence electrons. The summed E-state index contributed by atoms with van der Waals surface area (Å²) >= 11 is 3.32. The van der Waals surface area contributed by atoms with Crippen LogP contribution in [0.1, 0.15) is 25.1 Å². The third kappa shape index (κ3) is 3.77. The van der Waals surface area contributed by atoms with Crippen LogP contribution >= 0.6 is 15.9 Å². The van der Waals surface area contributed by atoms with E-state index >= 15 is 0 Å². The average Bonchev–Trinajstić information content (AvgIpc) is 2.90. The first kappa shape index (κ1) is 18.2. The largest absolute Gasteiger partial charge is 0.311 e. The lowest BCUT2D eigenvalue weighted by Crippen LogP contribution is -2.14. The first-order chi connectivity index (χ1) is 13.0. The van der Waals surface area contributed by atoms with Gasteiger partial charge in [0.25, 0.3) is 10.0 Å². The maximum absolute atomic E-state index is 12.8. The van der Waals surface area contributed by atoms with E-state index in [1.165, 1.54) is 6.42 Å². The molecule has 1 aromatic heterocycles. The van der Waals surface area contributed by atoms with Crippen molar-refractivity contribution in [3.8, 4) is 11.4 Å². The maximum Gasteiger partial charge on any atom is 0.261 e. The number of anilines is 1. The summed E-state index contributed by atoms with van der Waals surface area (Å²) in [5.74, 6) is 1.67. The van der Waals surface area contributed by atoms with E-state index in [2.05, 4.69) is 35.4 Å². The van der Waals surface area contributed by atoms with Crippen LogP contribution in [0.3, 0.4) is 0 Å². The van der Waals surface area contributed by atoms with Crippen molar-refractivity contribution >= 4 is 31.6 Å². The topological polar surface area (TPSA) is 76.9 Å². The van der Waals surface area contributed by atoms with Crippen molar-refractivity contribution < 1.29 is 8.42 Å². The van der Waals surface area contributed by atoms with Crippen molar-refractivity contribution in [2.75, 3.05) is 4.72 Å². The molecule has 0 bridgehead atoms. The van der Waals surface area contributed by atoms with E-state index in [0.717, 1.165) is 37.2 Å². The summed E-state index contributed by atoms with van der Waals surface area (Å²) in [4.78, 5) is 0.201. The van der Waals surface area contributed by atoms with Crippen LogP contribution in [0.4, 0.5) is 5.69 Å². The van der Waals surface area contributed by atoms with Gasteiger partial charge in [0.15, 0.2) is 5.82 Å². The number of halogens is 1. The summed E-state index contributed by atoms with van der Waals surface area (Å²) in [6, 6.07) is 13.9. The fourth-order valence-electron chi connectivity index (χ4n) is 3.29. The summed E-state index contributed by atoms with van der Waals surface area (Å²) in [6.45, 7) is 0.852. The van der Waals surface area contributed by atoms with E-state index in [0.29, 0.717) is 16.0 Å². The molecule has 0 fully saturated rings. The number of nitrogens with zero attached hydrogens (tertiary/aromatic N) is 3.